The van der Waals surface area contributed by atoms with Crippen LogP contribution in [0.2, 0.25) is 0 Å². The van der Waals surface area contributed by atoms with E-state index < -0.39 is 12.0 Å². The molecule has 3 N–H and O–H groups in total. The Labute approximate surface area is 135 Å². The summed E-state index contributed by atoms with van der Waals surface area (Å²) in [6, 6.07) is 15.4. The van der Waals surface area contributed by atoms with Gasteiger partial charge in [0.15, 0.2) is 0 Å². The van der Waals surface area contributed by atoms with Crippen molar-refractivity contribution in [3.63, 3.8) is 0 Å². The summed E-state index contributed by atoms with van der Waals surface area (Å²) < 4.78 is 0. The van der Waals surface area contributed by atoms with E-state index in [-0.39, 0.29) is 0 Å². The Morgan fingerprint density at radius 3 is 2.83 bits per heavy atom. The van der Waals surface area contributed by atoms with E-state index in [2.05, 4.69) is 16.4 Å². The average Bonchev–Trinajstić information content (AvgIpc) is 2.94. The molecule has 0 aliphatic heterocycles. The minimum Gasteiger partial charge on any atom is -0.480 e. The number of carboxylic acids is 1. The van der Waals surface area contributed by atoms with Crippen LogP contribution in [0.5, 0.6) is 0 Å². The summed E-state index contributed by atoms with van der Waals surface area (Å²) in [7, 11) is 0. The normalized spacial score (nSPS) is 12.4. The number of carboxylic acid groups (broad SMARTS) is 1. The first-order valence-corrected chi connectivity index (χ1v) is 7.70. The van der Waals surface area contributed by atoms with Gasteiger partial charge in [-0.1, -0.05) is 48.0 Å². The van der Waals surface area contributed by atoms with Gasteiger partial charge in [0.05, 0.1) is 0 Å². The molecule has 0 aliphatic rings. The predicted octanol–water partition coefficient (Wildman–Crippen LogP) is 3.26. The lowest BCUT2D eigenvalue weighted by atomic mass is 10.0. The fraction of sp³-hybridized carbons (Fsp3) is 0.211. The maximum absolute atomic E-state index is 11.6. The summed E-state index contributed by atoms with van der Waals surface area (Å²) >= 11 is 0. The highest BCUT2D eigenvalue weighted by Gasteiger charge is 2.19. The molecule has 3 aromatic rings. The van der Waals surface area contributed by atoms with Gasteiger partial charge in [-0.3, -0.25) is 4.79 Å². The molecule has 4 heteroatoms. The molecule has 0 fully saturated rings. The summed E-state index contributed by atoms with van der Waals surface area (Å²) in [5, 5.41) is 13.7. The van der Waals surface area contributed by atoms with E-state index in [0.29, 0.717) is 13.0 Å². The number of aromatic nitrogens is 1. The lowest BCUT2D eigenvalue weighted by molar-refractivity contribution is -0.139. The molecule has 0 spiro atoms. The van der Waals surface area contributed by atoms with Gasteiger partial charge in [0.25, 0.3) is 0 Å². The van der Waals surface area contributed by atoms with Gasteiger partial charge >= 0.3 is 5.97 Å². The van der Waals surface area contributed by atoms with Crippen molar-refractivity contribution in [2.24, 2.45) is 0 Å². The predicted molar refractivity (Wildman–Crippen MR) is 91.4 cm³/mol. The molecular weight excluding hydrogens is 288 g/mol. The molecule has 1 atom stereocenters. The van der Waals surface area contributed by atoms with Crippen LogP contribution in [0.3, 0.4) is 0 Å². The Kier molecular flexibility index (Phi) is 4.44. The number of aromatic amines is 1. The molecule has 2 aromatic carbocycles. The zero-order valence-corrected chi connectivity index (χ0v) is 13.0. The van der Waals surface area contributed by atoms with Gasteiger partial charge in [0.2, 0.25) is 0 Å². The molecule has 1 aromatic heterocycles. The minimum absolute atomic E-state index is 0.450. The first-order valence-electron chi connectivity index (χ1n) is 7.70. The smallest absolute Gasteiger partial charge is 0.321 e. The standard InChI is InChI=1S/C19H20N2O2/c1-13-5-4-6-14(9-13)11-20-18(19(22)23)10-15-12-21-17-8-3-2-7-16(15)17/h2-9,12,18,20-21H,10-11H2,1H3,(H,22,23)/t18-/m0/s1. The van der Waals surface area contributed by atoms with Gasteiger partial charge in [-0.15, -0.1) is 0 Å². The highest BCUT2D eigenvalue weighted by Crippen LogP contribution is 2.19. The van der Waals surface area contributed by atoms with Crippen molar-refractivity contribution in [3.8, 4) is 0 Å². The number of nitrogens with one attached hydrogen (secondary N) is 2. The van der Waals surface area contributed by atoms with Gasteiger partial charge in [0.1, 0.15) is 6.04 Å². The van der Waals surface area contributed by atoms with Crippen molar-refractivity contribution in [1.29, 1.82) is 0 Å². The van der Waals surface area contributed by atoms with Crippen molar-refractivity contribution < 1.29 is 9.90 Å². The van der Waals surface area contributed by atoms with Crippen molar-refractivity contribution >= 4 is 16.9 Å². The SMILES string of the molecule is Cc1cccc(CN[C@@H](Cc2c[nH]c3ccccc23)C(=O)O)c1. The number of carbonyl (C=O) groups is 1. The van der Waals surface area contributed by atoms with Crippen molar-refractivity contribution in [3.05, 3.63) is 71.4 Å². The molecule has 0 saturated carbocycles. The van der Waals surface area contributed by atoms with E-state index in [1.807, 2.05) is 55.6 Å². The molecule has 0 saturated heterocycles. The summed E-state index contributed by atoms with van der Waals surface area (Å²) in [6.45, 7) is 2.57. The van der Waals surface area contributed by atoms with Crippen LogP contribution in [-0.4, -0.2) is 22.1 Å². The largest absolute Gasteiger partial charge is 0.480 e. The number of fused-ring (bicyclic) bond motifs is 1. The number of hydrogen-bond donors (Lipinski definition) is 3. The molecular formula is C19H20N2O2. The Morgan fingerprint density at radius 2 is 2.04 bits per heavy atom. The first kappa shape index (κ1) is 15.3. The quantitative estimate of drug-likeness (QED) is 0.655. The van der Waals surface area contributed by atoms with Crippen LogP contribution in [0.1, 0.15) is 16.7 Å². The fourth-order valence-corrected chi connectivity index (χ4v) is 2.83. The van der Waals surface area contributed by atoms with E-state index in [1.165, 1.54) is 5.56 Å². The maximum atomic E-state index is 11.6. The second-order valence-electron chi connectivity index (χ2n) is 5.82. The van der Waals surface area contributed by atoms with Crippen LogP contribution in [0.4, 0.5) is 0 Å². The van der Waals surface area contributed by atoms with Crippen LogP contribution in [0.25, 0.3) is 10.9 Å². The molecule has 0 amide bonds. The average molecular weight is 308 g/mol. The minimum atomic E-state index is -0.831. The first-order chi connectivity index (χ1) is 11.1. The highest BCUT2D eigenvalue weighted by molar-refractivity contribution is 5.84. The summed E-state index contributed by atoms with van der Waals surface area (Å²) in [4.78, 5) is 14.8. The number of para-hydroxylation sites is 1. The van der Waals surface area contributed by atoms with Crippen LogP contribution in [0, 0.1) is 6.92 Å². The van der Waals surface area contributed by atoms with E-state index >= 15 is 0 Å². The van der Waals surface area contributed by atoms with E-state index in [4.69, 9.17) is 0 Å². The summed E-state index contributed by atoms with van der Waals surface area (Å²) in [5.41, 5.74) is 4.32. The molecule has 3 rings (SSSR count). The third-order valence-electron chi connectivity index (χ3n) is 4.03. The van der Waals surface area contributed by atoms with Gasteiger partial charge in [0, 0.05) is 30.1 Å². The Morgan fingerprint density at radius 1 is 1.22 bits per heavy atom. The molecule has 118 valence electrons. The highest BCUT2D eigenvalue weighted by atomic mass is 16.4. The van der Waals surface area contributed by atoms with Gasteiger partial charge in [-0.25, -0.2) is 0 Å². The number of hydrogen-bond acceptors (Lipinski definition) is 2. The Hall–Kier alpha value is -2.59. The zero-order valence-electron chi connectivity index (χ0n) is 13.0. The molecule has 0 radical (unpaired) electrons. The number of H-pyrrole nitrogens is 1. The summed E-state index contributed by atoms with van der Waals surface area (Å²) in [6.07, 6.45) is 2.35. The summed E-state index contributed by atoms with van der Waals surface area (Å²) in [5.74, 6) is -0.831. The molecule has 23 heavy (non-hydrogen) atoms. The number of benzene rings is 2. The molecule has 0 aliphatic carbocycles. The van der Waals surface area contributed by atoms with Crippen LogP contribution in [-0.2, 0) is 17.8 Å². The van der Waals surface area contributed by atoms with Crippen molar-refractivity contribution in [2.75, 3.05) is 0 Å². The Balaban J connectivity index is 1.73. The Bertz CT molecular complexity index is 823. The fourth-order valence-electron chi connectivity index (χ4n) is 2.83. The molecule has 0 unspecified atom stereocenters. The monoisotopic (exact) mass is 308 g/mol. The lowest BCUT2D eigenvalue weighted by Crippen LogP contribution is -2.38. The topological polar surface area (TPSA) is 65.1 Å². The van der Waals surface area contributed by atoms with E-state index in [0.717, 1.165) is 22.0 Å². The van der Waals surface area contributed by atoms with Crippen molar-refractivity contribution in [2.45, 2.75) is 25.9 Å². The van der Waals surface area contributed by atoms with Gasteiger partial charge < -0.3 is 15.4 Å². The third-order valence-corrected chi connectivity index (χ3v) is 4.03. The maximum Gasteiger partial charge on any atom is 0.321 e. The van der Waals surface area contributed by atoms with Crippen LogP contribution in [0.15, 0.2) is 54.7 Å². The number of aliphatic carboxylic acids is 1. The molecule has 1 heterocycles. The number of aryl methyl sites for hydroxylation is 1. The van der Waals surface area contributed by atoms with Crippen LogP contribution < -0.4 is 5.32 Å². The second-order valence-corrected chi connectivity index (χ2v) is 5.82. The molecule has 0 bridgehead atoms. The molecule has 4 nitrogen and oxygen atoms in total. The van der Waals surface area contributed by atoms with Crippen LogP contribution >= 0.6 is 0 Å². The number of rotatable bonds is 6. The van der Waals surface area contributed by atoms with Gasteiger partial charge in [-0.2, -0.15) is 0 Å². The lowest BCUT2D eigenvalue weighted by Gasteiger charge is -2.14. The second kappa shape index (κ2) is 6.67. The van der Waals surface area contributed by atoms with E-state index in [9.17, 15) is 9.90 Å². The zero-order chi connectivity index (χ0) is 16.2. The third kappa shape index (κ3) is 3.60. The van der Waals surface area contributed by atoms with Crippen molar-refractivity contribution in [1.82, 2.24) is 10.3 Å². The van der Waals surface area contributed by atoms with E-state index in [1.54, 1.807) is 0 Å². The van der Waals surface area contributed by atoms with Gasteiger partial charge in [-0.05, 0) is 24.1 Å².